The van der Waals surface area contributed by atoms with E-state index in [2.05, 4.69) is 186 Å². The summed E-state index contributed by atoms with van der Waals surface area (Å²) in [4.78, 5) is 9.06. The summed E-state index contributed by atoms with van der Waals surface area (Å²) in [5, 5.41) is 8.39. The Morgan fingerprint density at radius 3 is 0.605 bits per heavy atom. The first-order valence-corrected chi connectivity index (χ1v) is 23.1. The van der Waals surface area contributed by atoms with E-state index in [0.29, 0.717) is 0 Å². The van der Waals surface area contributed by atoms with Crippen molar-refractivity contribution in [3.05, 3.63) is 187 Å². The van der Waals surface area contributed by atoms with Crippen molar-refractivity contribution in [2.75, 3.05) is 0 Å². The van der Waals surface area contributed by atoms with Crippen LogP contribution < -0.4 is 31.8 Å². The SMILES string of the molecule is O=[N][Ir]([Cl])[Cl].c1ccc(P(c2ccccc2)c2ccccc2)cc1.c1ccc(P(c2ccccc2)c2ccccc2)cc1. The quantitative estimate of drug-likeness (QED) is 0.118. The van der Waals surface area contributed by atoms with Gasteiger partial charge in [-0.3, -0.25) is 0 Å². The normalized spacial score (nSPS) is 10.6. The van der Waals surface area contributed by atoms with Crippen LogP contribution in [0.5, 0.6) is 0 Å². The topological polar surface area (TPSA) is 29.4 Å². The summed E-state index contributed by atoms with van der Waals surface area (Å²) in [6.45, 7) is 0. The fourth-order valence-corrected chi connectivity index (χ4v) is 8.97. The first kappa shape index (κ1) is 32.9. The summed E-state index contributed by atoms with van der Waals surface area (Å²) in [6, 6.07) is 64.7. The van der Waals surface area contributed by atoms with Crippen molar-refractivity contribution in [3.63, 3.8) is 0 Å². The van der Waals surface area contributed by atoms with E-state index in [1.165, 1.54) is 31.8 Å². The third-order valence-electron chi connectivity index (χ3n) is 6.13. The number of nitroso groups, excluding NO2 is 1. The molecule has 2 nitrogen and oxygen atoms in total. The van der Waals surface area contributed by atoms with Crippen LogP contribution in [0, 0.1) is 4.91 Å². The standard InChI is InChI=1S/2C18H15P.2ClH.Ir.NO/c2*1-4-10-16(11-5-1)19(17-12-6-2-7-13-17)18-14-8-3-9-15-18;;;;1-2/h2*1-15H;2*1H;;/q;;;;+3;-1/p-2. The molecule has 0 spiro atoms. The summed E-state index contributed by atoms with van der Waals surface area (Å²) in [7, 11) is 8.94. The maximum absolute atomic E-state index is 9.06. The minimum Gasteiger partial charge on any atom is -0.0622 e. The van der Waals surface area contributed by atoms with Crippen LogP contribution in [0.1, 0.15) is 0 Å². The number of rotatable bonds is 7. The molecule has 0 saturated heterocycles. The molecule has 0 aliphatic carbocycles. The molecule has 0 radical (unpaired) electrons. The van der Waals surface area contributed by atoms with Gasteiger partial charge in [0.25, 0.3) is 0 Å². The molecular formula is C36H30Cl2IrNOP2. The van der Waals surface area contributed by atoms with Crippen molar-refractivity contribution >= 4 is 66.8 Å². The fraction of sp³-hybridized carbons (Fsp3) is 0. The van der Waals surface area contributed by atoms with Crippen LogP contribution >= 0.6 is 35.0 Å². The first-order chi connectivity index (χ1) is 21.2. The Balaban J connectivity index is 0.000000171. The summed E-state index contributed by atoms with van der Waals surface area (Å²) in [5.41, 5.74) is 0. The molecule has 0 aliphatic rings. The molecule has 6 aromatic carbocycles. The molecule has 0 amide bonds. The second kappa shape index (κ2) is 18.6. The maximum Gasteiger partial charge on any atom is -0.0134 e. The average molecular weight is 818 g/mol. The predicted octanol–water partition coefficient (Wildman–Crippen LogP) is 8.48. The minimum atomic E-state index is -2.34. The Labute approximate surface area is 270 Å². The Kier molecular flexibility index (Phi) is 14.3. The van der Waals surface area contributed by atoms with Gasteiger partial charge in [0.15, 0.2) is 0 Å². The second-order valence-corrected chi connectivity index (χ2v) is 19.9. The molecule has 6 rings (SSSR count). The van der Waals surface area contributed by atoms with Gasteiger partial charge >= 0.3 is 42.6 Å². The van der Waals surface area contributed by atoms with Gasteiger partial charge in [-0.2, -0.15) is 0 Å². The zero-order valence-corrected chi connectivity index (χ0v) is 28.9. The maximum atomic E-state index is 9.06. The largest absolute Gasteiger partial charge is 0.0622 e. The van der Waals surface area contributed by atoms with Gasteiger partial charge in [-0.1, -0.05) is 182 Å². The molecule has 0 aromatic heterocycles. The van der Waals surface area contributed by atoms with E-state index in [4.69, 9.17) is 24.1 Å². The molecule has 0 bridgehead atoms. The van der Waals surface area contributed by atoms with Gasteiger partial charge in [0.2, 0.25) is 0 Å². The summed E-state index contributed by atoms with van der Waals surface area (Å²) < 4.78 is 2.34. The smallest absolute Gasteiger partial charge is 0.0134 e. The molecule has 43 heavy (non-hydrogen) atoms. The molecule has 0 fully saturated rings. The monoisotopic (exact) mass is 817 g/mol. The Morgan fingerprint density at radius 1 is 0.349 bits per heavy atom. The number of halogens is 2. The summed E-state index contributed by atoms with van der Waals surface area (Å²) in [5.74, 6) is 0. The van der Waals surface area contributed by atoms with Crippen molar-refractivity contribution in [3.8, 4) is 0 Å². The molecule has 0 saturated carbocycles. The van der Waals surface area contributed by atoms with Crippen LogP contribution in [-0.2, 0) is 14.7 Å². The van der Waals surface area contributed by atoms with E-state index < -0.39 is 30.6 Å². The van der Waals surface area contributed by atoms with E-state index in [-0.39, 0.29) is 0 Å². The van der Waals surface area contributed by atoms with Crippen molar-refractivity contribution in [2.24, 2.45) is 3.85 Å². The van der Waals surface area contributed by atoms with Crippen LogP contribution in [-0.4, -0.2) is 0 Å². The van der Waals surface area contributed by atoms with Gasteiger partial charge in [0, 0.05) is 0 Å². The van der Waals surface area contributed by atoms with Crippen LogP contribution in [0.2, 0.25) is 0 Å². The van der Waals surface area contributed by atoms with E-state index in [9.17, 15) is 0 Å². The van der Waals surface area contributed by atoms with Crippen LogP contribution in [0.3, 0.4) is 0 Å². The zero-order valence-electron chi connectivity index (χ0n) is 23.2. The Bertz CT molecular complexity index is 1290. The first-order valence-electron chi connectivity index (χ1n) is 13.4. The van der Waals surface area contributed by atoms with Gasteiger partial charge in [0.1, 0.15) is 0 Å². The number of nitrogens with zero attached hydrogens (tertiary/aromatic N) is 1. The molecule has 0 atom stereocenters. The predicted molar refractivity (Wildman–Crippen MR) is 188 cm³/mol. The molecule has 218 valence electrons. The van der Waals surface area contributed by atoms with Crippen LogP contribution in [0.15, 0.2) is 186 Å². The van der Waals surface area contributed by atoms with Crippen LogP contribution in [0.25, 0.3) is 0 Å². The minimum absolute atomic E-state index is 0.446. The summed E-state index contributed by atoms with van der Waals surface area (Å²) >= 11 is -2.34. The van der Waals surface area contributed by atoms with Gasteiger partial charge in [-0.15, -0.1) is 0 Å². The molecule has 6 aromatic rings. The van der Waals surface area contributed by atoms with E-state index in [1.54, 1.807) is 0 Å². The molecule has 0 N–H and O–H groups in total. The van der Waals surface area contributed by atoms with Gasteiger partial charge in [-0.05, 0) is 47.7 Å². The third kappa shape index (κ3) is 10.6. The van der Waals surface area contributed by atoms with Crippen molar-refractivity contribution in [1.29, 1.82) is 0 Å². The van der Waals surface area contributed by atoms with Gasteiger partial charge in [-0.25, -0.2) is 0 Å². The van der Waals surface area contributed by atoms with Crippen molar-refractivity contribution in [1.82, 2.24) is 0 Å². The van der Waals surface area contributed by atoms with Crippen molar-refractivity contribution in [2.45, 2.75) is 0 Å². The summed E-state index contributed by atoms with van der Waals surface area (Å²) in [6.07, 6.45) is 0. The fourth-order valence-electron chi connectivity index (χ4n) is 4.36. The molecular weight excluding hydrogens is 787 g/mol. The molecule has 7 heteroatoms. The van der Waals surface area contributed by atoms with Crippen LogP contribution in [0.4, 0.5) is 0 Å². The third-order valence-corrected chi connectivity index (χ3v) is 12.1. The zero-order chi connectivity index (χ0) is 30.1. The van der Waals surface area contributed by atoms with E-state index >= 15 is 0 Å². The van der Waals surface area contributed by atoms with E-state index in [0.717, 1.165) is 0 Å². The van der Waals surface area contributed by atoms with Gasteiger partial charge < -0.3 is 0 Å². The van der Waals surface area contributed by atoms with Gasteiger partial charge in [0.05, 0.1) is 0 Å². The van der Waals surface area contributed by atoms with E-state index in [1.807, 2.05) is 0 Å². The number of hydrogen-bond acceptors (Lipinski definition) is 2. The average Bonchev–Trinajstić information content (AvgIpc) is 3.09. The molecule has 0 aliphatic heterocycles. The number of benzene rings is 6. The Morgan fingerprint density at radius 2 is 0.488 bits per heavy atom. The molecule has 0 unspecified atom stereocenters. The Hall–Kier alpha value is -2.99. The number of hydrogen-bond donors (Lipinski definition) is 0. The second-order valence-electron chi connectivity index (χ2n) is 8.91. The molecule has 0 heterocycles. The van der Waals surface area contributed by atoms with Crippen molar-refractivity contribution < 1.29 is 14.7 Å².